The van der Waals surface area contributed by atoms with Crippen molar-refractivity contribution in [2.45, 2.75) is 25.9 Å². The fourth-order valence-electron chi connectivity index (χ4n) is 2.05. The van der Waals surface area contributed by atoms with Crippen molar-refractivity contribution in [3.05, 3.63) is 48.3 Å². The predicted octanol–water partition coefficient (Wildman–Crippen LogP) is 3.09. The minimum atomic E-state index is 0.321. The van der Waals surface area contributed by atoms with E-state index in [2.05, 4.69) is 41.6 Å². The van der Waals surface area contributed by atoms with Crippen molar-refractivity contribution < 1.29 is 4.74 Å². The highest BCUT2D eigenvalue weighted by Crippen LogP contribution is 2.21. The molecule has 0 aliphatic rings. The Kier molecular flexibility index (Phi) is 4.98. The maximum atomic E-state index is 5.05. The van der Waals surface area contributed by atoms with E-state index in [1.807, 2.05) is 23.1 Å². The van der Waals surface area contributed by atoms with Gasteiger partial charge in [-0.2, -0.15) is 5.10 Å². The molecule has 1 aromatic carbocycles. The second-order valence-electron chi connectivity index (χ2n) is 4.50. The highest BCUT2D eigenvalue weighted by molar-refractivity contribution is 5.41. The summed E-state index contributed by atoms with van der Waals surface area (Å²) in [6.45, 7) is 3.64. The van der Waals surface area contributed by atoms with Gasteiger partial charge in [-0.15, -0.1) is 0 Å². The van der Waals surface area contributed by atoms with Gasteiger partial charge in [0.1, 0.15) is 0 Å². The molecule has 19 heavy (non-hydrogen) atoms. The van der Waals surface area contributed by atoms with Crippen molar-refractivity contribution in [3.8, 4) is 0 Å². The molecule has 1 N–H and O–H groups in total. The van der Waals surface area contributed by atoms with E-state index >= 15 is 0 Å². The second-order valence-corrected chi connectivity index (χ2v) is 4.50. The monoisotopic (exact) mass is 259 g/mol. The molecule has 0 spiro atoms. The maximum Gasteiger partial charge on any atom is 0.0731 e. The van der Waals surface area contributed by atoms with Crippen molar-refractivity contribution in [2.24, 2.45) is 0 Å². The van der Waals surface area contributed by atoms with Crippen molar-refractivity contribution >= 4 is 5.69 Å². The first kappa shape index (κ1) is 13.6. The summed E-state index contributed by atoms with van der Waals surface area (Å²) in [5.74, 6) is 0. The van der Waals surface area contributed by atoms with E-state index in [1.165, 1.54) is 5.56 Å². The summed E-state index contributed by atoms with van der Waals surface area (Å²) in [5.41, 5.74) is 2.35. The van der Waals surface area contributed by atoms with Crippen LogP contribution < -0.4 is 5.32 Å². The number of methoxy groups -OCH3 is 1. The lowest BCUT2D eigenvalue weighted by molar-refractivity contribution is 0.183. The molecule has 0 aliphatic heterocycles. The molecule has 4 nitrogen and oxygen atoms in total. The first-order chi connectivity index (χ1) is 9.33. The topological polar surface area (TPSA) is 39.1 Å². The SMILES string of the molecule is CCC(Nc1cnn(CCOC)c1)c1ccccc1. The highest BCUT2D eigenvalue weighted by Gasteiger charge is 2.09. The molecule has 1 unspecified atom stereocenters. The maximum absolute atomic E-state index is 5.05. The second kappa shape index (κ2) is 6.95. The Bertz CT molecular complexity index is 481. The average Bonchev–Trinajstić information content (AvgIpc) is 2.91. The smallest absolute Gasteiger partial charge is 0.0731 e. The van der Waals surface area contributed by atoms with Gasteiger partial charge < -0.3 is 10.1 Å². The van der Waals surface area contributed by atoms with E-state index in [0.29, 0.717) is 12.6 Å². The highest BCUT2D eigenvalue weighted by atomic mass is 16.5. The fraction of sp³-hybridized carbons (Fsp3) is 0.400. The molecule has 1 atom stereocenters. The number of ether oxygens (including phenoxy) is 1. The van der Waals surface area contributed by atoms with Gasteiger partial charge in [-0.1, -0.05) is 37.3 Å². The summed E-state index contributed by atoms with van der Waals surface area (Å²) in [5, 5.41) is 7.83. The number of benzene rings is 1. The van der Waals surface area contributed by atoms with Gasteiger partial charge in [0.2, 0.25) is 0 Å². The molecule has 1 heterocycles. The Morgan fingerprint density at radius 2 is 2.11 bits per heavy atom. The van der Waals surface area contributed by atoms with Crippen LogP contribution in [0.15, 0.2) is 42.7 Å². The van der Waals surface area contributed by atoms with E-state index in [-0.39, 0.29) is 0 Å². The Labute approximate surface area is 114 Å². The molecule has 0 saturated carbocycles. The summed E-state index contributed by atoms with van der Waals surface area (Å²) in [7, 11) is 1.70. The molecule has 0 saturated heterocycles. The minimum absolute atomic E-state index is 0.321. The number of nitrogens with zero attached hydrogens (tertiary/aromatic N) is 2. The Balaban J connectivity index is 2.00. The van der Waals surface area contributed by atoms with Gasteiger partial charge >= 0.3 is 0 Å². The van der Waals surface area contributed by atoms with Gasteiger partial charge in [0.15, 0.2) is 0 Å². The third-order valence-corrected chi connectivity index (χ3v) is 3.11. The number of rotatable bonds is 7. The van der Waals surface area contributed by atoms with Crippen LogP contribution in [0, 0.1) is 0 Å². The van der Waals surface area contributed by atoms with E-state index in [9.17, 15) is 0 Å². The fourth-order valence-corrected chi connectivity index (χ4v) is 2.05. The van der Waals surface area contributed by atoms with Crippen LogP contribution in [-0.4, -0.2) is 23.5 Å². The van der Waals surface area contributed by atoms with E-state index < -0.39 is 0 Å². The first-order valence-electron chi connectivity index (χ1n) is 6.66. The molecule has 0 fully saturated rings. The van der Waals surface area contributed by atoms with Crippen molar-refractivity contribution in [1.29, 1.82) is 0 Å². The standard InChI is InChI=1S/C15H21N3O/c1-3-15(13-7-5-4-6-8-13)17-14-11-16-18(12-14)9-10-19-2/h4-8,11-12,15,17H,3,9-10H2,1-2H3. The summed E-state index contributed by atoms with van der Waals surface area (Å²) in [6, 6.07) is 10.8. The molecule has 0 aliphatic carbocycles. The quantitative estimate of drug-likeness (QED) is 0.830. The number of aromatic nitrogens is 2. The van der Waals surface area contributed by atoms with Crippen LogP contribution in [0.4, 0.5) is 5.69 Å². The summed E-state index contributed by atoms with van der Waals surface area (Å²) >= 11 is 0. The Morgan fingerprint density at radius 1 is 1.32 bits per heavy atom. The van der Waals surface area contributed by atoms with Crippen LogP contribution in [0.25, 0.3) is 0 Å². The zero-order valence-electron chi connectivity index (χ0n) is 11.5. The van der Waals surface area contributed by atoms with E-state index in [1.54, 1.807) is 7.11 Å². The molecular weight excluding hydrogens is 238 g/mol. The van der Waals surface area contributed by atoms with Gasteiger partial charge in [0.05, 0.1) is 31.1 Å². The summed E-state index contributed by atoms with van der Waals surface area (Å²) < 4.78 is 6.94. The minimum Gasteiger partial charge on any atom is -0.383 e. The van der Waals surface area contributed by atoms with Gasteiger partial charge in [0, 0.05) is 13.3 Å². The number of anilines is 1. The molecule has 102 valence electrons. The molecule has 1 aromatic heterocycles. The zero-order valence-corrected chi connectivity index (χ0v) is 11.5. The van der Waals surface area contributed by atoms with Crippen LogP contribution in [0.1, 0.15) is 24.9 Å². The van der Waals surface area contributed by atoms with Crippen LogP contribution in [0.2, 0.25) is 0 Å². The molecule has 0 amide bonds. The number of nitrogens with one attached hydrogen (secondary N) is 1. The molecule has 2 aromatic rings. The third kappa shape index (κ3) is 3.83. The molecular formula is C15H21N3O. The largest absolute Gasteiger partial charge is 0.383 e. The number of hydrogen-bond acceptors (Lipinski definition) is 3. The molecule has 0 radical (unpaired) electrons. The Morgan fingerprint density at radius 3 is 2.79 bits per heavy atom. The lowest BCUT2D eigenvalue weighted by atomic mass is 10.0. The molecule has 0 bridgehead atoms. The molecule has 2 rings (SSSR count). The van der Waals surface area contributed by atoms with Crippen LogP contribution in [-0.2, 0) is 11.3 Å². The zero-order chi connectivity index (χ0) is 13.5. The lowest BCUT2D eigenvalue weighted by Gasteiger charge is -2.17. The van der Waals surface area contributed by atoms with Gasteiger partial charge in [-0.25, -0.2) is 0 Å². The van der Waals surface area contributed by atoms with Gasteiger partial charge in [0.25, 0.3) is 0 Å². The molecule has 4 heteroatoms. The van der Waals surface area contributed by atoms with Crippen LogP contribution in [0.3, 0.4) is 0 Å². The van der Waals surface area contributed by atoms with E-state index in [0.717, 1.165) is 18.7 Å². The normalized spacial score (nSPS) is 12.3. The van der Waals surface area contributed by atoms with Gasteiger partial charge in [-0.05, 0) is 12.0 Å². The van der Waals surface area contributed by atoms with Gasteiger partial charge in [-0.3, -0.25) is 4.68 Å². The van der Waals surface area contributed by atoms with Crippen molar-refractivity contribution in [2.75, 3.05) is 19.0 Å². The Hall–Kier alpha value is -1.81. The summed E-state index contributed by atoms with van der Waals surface area (Å²) in [6.07, 6.45) is 4.92. The predicted molar refractivity (Wildman–Crippen MR) is 77.2 cm³/mol. The van der Waals surface area contributed by atoms with Crippen LogP contribution >= 0.6 is 0 Å². The first-order valence-corrected chi connectivity index (χ1v) is 6.66. The lowest BCUT2D eigenvalue weighted by Crippen LogP contribution is -2.09. The third-order valence-electron chi connectivity index (χ3n) is 3.11. The summed E-state index contributed by atoms with van der Waals surface area (Å²) in [4.78, 5) is 0. The van der Waals surface area contributed by atoms with Crippen molar-refractivity contribution in [1.82, 2.24) is 9.78 Å². The van der Waals surface area contributed by atoms with Crippen LogP contribution in [0.5, 0.6) is 0 Å². The number of hydrogen-bond donors (Lipinski definition) is 1. The average molecular weight is 259 g/mol. The van der Waals surface area contributed by atoms with E-state index in [4.69, 9.17) is 4.74 Å². The van der Waals surface area contributed by atoms with Crippen molar-refractivity contribution in [3.63, 3.8) is 0 Å².